The number of imide groups is 1. The van der Waals surface area contributed by atoms with Crippen molar-refractivity contribution in [3.63, 3.8) is 0 Å². The van der Waals surface area contributed by atoms with Gasteiger partial charge in [0.2, 0.25) is 0 Å². The molecule has 1 aliphatic rings. The van der Waals surface area contributed by atoms with E-state index in [1.54, 1.807) is 16.7 Å². The van der Waals surface area contributed by atoms with Gasteiger partial charge in [0.05, 0.1) is 28.6 Å². The van der Waals surface area contributed by atoms with Crippen LogP contribution in [-0.4, -0.2) is 32.0 Å². The summed E-state index contributed by atoms with van der Waals surface area (Å²) in [6, 6.07) is 13.6. The largest absolute Gasteiger partial charge is 0.335 e. The van der Waals surface area contributed by atoms with Crippen molar-refractivity contribution in [1.29, 1.82) is 0 Å². The first-order valence-electron chi connectivity index (χ1n) is 9.39. The molecule has 0 unspecified atom stereocenters. The third-order valence-electron chi connectivity index (χ3n) is 4.86. The Morgan fingerprint density at radius 1 is 0.828 bits per heavy atom. The first kappa shape index (κ1) is 18.7. The molecular weight excluding hydrogens is 374 g/mol. The van der Waals surface area contributed by atoms with Crippen molar-refractivity contribution in [1.82, 2.24) is 14.2 Å². The van der Waals surface area contributed by atoms with E-state index in [9.17, 15) is 19.2 Å². The van der Waals surface area contributed by atoms with E-state index in [0.717, 1.165) is 17.5 Å². The highest BCUT2D eigenvalue weighted by Gasteiger charge is 2.38. The molecule has 0 spiro atoms. The summed E-state index contributed by atoms with van der Waals surface area (Å²) in [5.41, 5.74) is 1.71. The van der Waals surface area contributed by atoms with Gasteiger partial charge in [-0.25, -0.2) is 9.59 Å². The molecule has 1 aliphatic heterocycles. The highest BCUT2D eigenvalue weighted by Crippen LogP contribution is 2.23. The van der Waals surface area contributed by atoms with Crippen LogP contribution in [0.4, 0.5) is 0 Å². The zero-order valence-corrected chi connectivity index (χ0v) is 15.8. The molecule has 0 bridgehead atoms. The summed E-state index contributed by atoms with van der Waals surface area (Å²) < 4.78 is 3.18. The second kappa shape index (κ2) is 7.38. The minimum atomic E-state index is -0.765. The van der Waals surface area contributed by atoms with Crippen LogP contribution in [0.3, 0.4) is 0 Å². The average Bonchev–Trinajstić information content (AvgIpc) is 3.13. The van der Waals surface area contributed by atoms with Gasteiger partial charge in [0.1, 0.15) is 0 Å². The van der Waals surface area contributed by atoms with Gasteiger partial charge in [-0.05, 0) is 30.7 Å². The Labute approximate surface area is 165 Å². The summed E-state index contributed by atoms with van der Waals surface area (Å²) >= 11 is 0. The number of aromatic nitrogens is 2. The lowest BCUT2D eigenvalue weighted by molar-refractivity contribution is -0.168. The molecule has 0 atom stereocenters. The number of benzene rings is 2. The van der Waals surface area contributed by atoms with Crippen LogP contribution in [0, 0.1) is 0 Å². The van der Waals surface area contributed by atoms with Crippen molar-refractivity contribution in [3.05, 3.63) is 70.1 Å². The quantitative estimate of drug-likeness (QED) is 0.600. The van der Waals surface area contributed by atoms with Crippen LogP contribution in [0.25, 0.3) is 11.0 Å². The zero-order chi connectivity index (χ0) is 20.5. The Balaban J connectivity index is 1.50. The minimum absolute atomic E-state index is 0.0814. The number of aryl methyl sites for hydroxylation is 2. The number of carbonyl (C=O) groups excluding carboxylic acids is 3. The summed E-state index contributed by atoms with van der Waals surface area (Å²) in [5, 5.41) is 0.482. The third-order valence-corrected chi connectivity index (χ3v) is 4.86. The Morgan fingerprint density at radius 3 is 1.90 bits per heavy atom. The molecule has 0 aliphatic carbocycles. The van der Waals surface area contributed by atoms with Crippen molar-refractivity contribution < 1.29 is 19.2 Å². The van der Waals surface area contributed by atoms with Gasteiger partial charge < -0.3 is 4.84 Å². The normalized spacial score (nSPS) is 13.2. The molecule has 4 rings (SSSR count). The van der Waals surface area contributed by atoms with Gasteiger partial charge in [-0.15, -0.1) is 0 Å². The predicted octanol–water partition coefficient (Wildman–Crippen LogP) is 2.36. The van der Waals surface area contributed by atoms with E-state index in [2.05, 4.69) is 0 Å². The number of fused-ring (bicyclic) bond motifs is 2. The Bertz CT molecular complexity index is 1160. The molecule has 0 saturated heterocycles. The van der Waals surface area contributed by atoms with Gasteiger partial charge in [0, 0.05) is 13.1 Å². The van der Waals surface area contributed by atoms with Gasteiger partial charge >= 0.3 is 11.7 Å². The van der Waals surface area contributed by atoms with Gasteiger partial charge in [-0.1, -0.05) is 36.3 Å². The van der Waals surface area contributed by atoms with Crippen molar-refractivity contribution in [2.75, 3.05) is 0 Å². The van der Waals surface area contributed by atoms with Crippen LogP contribution in [0.5, 0.6) is 0 Å². The number of para-hydroxylation sites is 2. The van der Waals surface area contributed by atoms with Gasteiger partial charge in [-0.3, -0.25) is 18.7 Å². The minimum Gasteiger partial charge on any atom is -0.330 e. The second-order valence-corrected chi connectivity index (χ2v) is 6.74. The molecule has 29 heavy (non-hydrogen) atoms. The number of hydroxylamine groups is 2. The van der Waals surface area contributed by atoms with Crippen LogP contribution >= 0.6 is 0 Å². The maximum absolute atomic E-state index is 12.7. The first-order chi connectivity index (χ1) is 14.0. The summed E-state index contributed by atoms with van der Waals surface area (Å²) in [6.07, 6.45) is 0.642. The molecule has 3 aromatic rings. The molecule has 8 nitrogen and oxygen atoms in total. The van der Waals surface area contributed by atoms with Crippen LogP contribution in [0.2, 0.25) is 0 Å². The lowest BCUT2D eigenvalue weighted by atomic mass is 10.1. The van der Waals surface area contributed by atoms with E-state index in [4.69, 9.17) is 4.84 Å². The van der Waals surface area contributed by atoms with E-state index < -0.39 is 17.8 Å². The number of hydrogen-bond acceptors (Lipinski definition) is 5. The smallest absolute Gasteiger partial charge is 0.330 e. The number of nitrogens with zero attached hydrogens (tertiary/aromatic N) is 3. The SMILES string of the molecule is CCCn1c(=O)n(CCC(=O)ON2C(=O)c3ccccc3C2=O)c2ccccc21. The fourth-order valence-electron chi connectivity index (χ4n) is 3.53. The lowest BCUT2D eigenvalue weighted by Gasteiger charge is -2.12. The number of hydrogen-bond donors (Lipinski definition) is 0. The van der Waals surface area contributed by atoms with Crippen molar-refractivity contribution in [3.8, 4) is 0 Å². The van der Waals surface area contributed by atoms with E-state index >= 15 is 0 Å². The van der Waals surface area contributed by atoms with Crippen LogP contribution < -0.4 is 5.69 Å². The number of carbonyl (C=O) groups is 3. The summed E-state index contributed by atoms with van der Waals surface area (Å²) in [4.78, 5) is 54.6. The highest BCUT2D eigenvalue weighted by atomic mass is 16.7. The average molecular weight is 393 g/mol. The highest BCUT2D eigenvalue weighted by molar-refractivity contribution is 6.20. The molecule has 2 amide bonds. The molecule has 1 aromatic heterocycles. The molecule has 0 N–H and O–H groups in total. The van der Waals surface area contributed by atoms with Crippen LogP contribution in [-0.2, 0) is 22.7 Å². The molecule has 2 heterocycles. The molecular formula is C21H19N3O5. The molecule has 0 saturated carbocycles. The van der Waals surface area contributed by atoms with Crippen LogP contribution in [0.1, 0.15) is 40.5 Å². The Morgan fingerprint density at radius 2 is 1.34 bits per heavy atom. The standard InChI is InChI=1S/C21H19N3O5/c1-2-12-22-16-9-5-6-10-17(16)23(21(22)28)13-11-18(25)29-24-19(26)14-7-3-4-8-15(14)20(24)27/h3-10H,2,11-13H2,1H3. The summed E-state index contributed by atoms with van der Waals surface area (Å²) in [7, 11) is 0. The van der Waals surface area contributed by atoms with E-state index in [-0.39, 0.29) is 29.8 Å². The zero-order valence-electron chi connectivity index (χ0n) is 15.8. The van der Waals surface area contributed by atoms with Crippen LogP contribution in [0.15, 0.2) is 53.3 Å². The van der Waals surface area contributed by atoms with E-state index in [1.165, 1.54) is 16.7 Å². The number of imidazole rings is 1. The molecule has 8 heteroatoms. The number of amides is 2. The fraction of sp³-hybridized carbons (Fsp3) is 0.238. The molecule has 0 fully saturated rings. The summed E-state index contributed by atoms with van der Waals surface area (Å²) in [6.45, 7) is 2.64. The Hall–Kier alpha value is -3.68. The molecule has 148 valence electrons. The van der Waals surface area contributed by atoms with E-state index in [0.29, 0.717) is 11.6 Å². The van der Waals surface area contributed by atoms with Gasteiger partial charge in [0.15, 0.2) is 0 Å². The predicted molar refractivity (Wildman–Crippen MR) is 104 cm³/mol. The van der Waals surface area contributed by atoms with Gasteiger partial charge in [0.25, 0.3) is 11.8 Å². The van der Waals surface area contributed by atoms with Crippen molar-refractivity contribution in [2.45, 2.75) is 32.9 Å². The first-order valence-corrected chi connectivity index (χ1v) is 9.39. The van der Waals surface area contributed by atoms with Crippen molar-refractivity contribution >= 4 is 28.8 Å². The maximum Gasteiger partial charge on any atom is 0.335 e. The van der Waals surface area contributed by atoms with E-state index in [1.807, 2.05) is 31.2 Å². The fourth-order valence-corrected chi connectivity index (χ4v) is 3.53. The topological polar surface area (TPSA) is 90.6 Å². The Kier molecular flexibility index (Phi) is 4.75. The maximum atomic E-state index is 12.7. The lowest BCUT2D eigenvalue weighted by Crippen LogP contribution is -2.33. The monoisotopic (exact) mass is 393 g/mol. The second-order valence-electron chi connectivity index (χ2n) is 6.74. The molecule has 0 radical (unpaired) electrons. The number of rotatable bonds is 6. The van der Waals surface area contributed by atoms with Crippen molar-refractivity contribution in [2.24, 2.45) is 0 Å². The molecule has 2 aromatic carbocycles. The summed E-state index contributed by atoms with van der Waals surface area (Å²) in [5.74, 6) is -2.11. The van der Waals surface area contributed by atoms with Gasteiger partial charge in [-0.2, -0.15) is 0 Å². The third kappa shape index (κ3) is 3.12.